The minimum atomic E-state index is -2.26. The molecule has 0 aromatic carbocycles. The first-order chi connectivity index (χ1) is 14.2. The van der Waals surface area contributed by atoms with Crippen molar-refractivity contribution in [2.45, 2.75) is 67.9 Å². The van der Waals surface area contributed by atoms with Gasteiger partial charge in [-0.05, 0) is 31.6 Å². The molecule has 0 rings (SSSR count). The first kappa shape index (κ1) is 30.1. The van der Waals surface area contributed by atoms with Gasteiger partial charge in [-0.1, -0.05) is 47.8 Å². The van der Waals surface area contributed by atoms with Gasteiger partial charge in [0.2, 0.25) is 5.91 Å². The zero-order valence-corrected chi connectivity index (χ0v) is 22.2. The predicted molar refractivity (Wildman–Crippen MR) is 130 cm³/mol. The molecule has 0 radical (unpaired) electrons. The van der Waals surface area contributed by atoms with Crippen molar-refractivity contribution in [3.63, 3.8) is 0 Å². The molecule has 0 fully saturated rings. The maximum Gasteiger partial charge on any atom is 0.315 e. The molecule has 1 N–H and O–H groups in total. The summed E-state index contributed by atoms with van der Waals surface area (Å²) >= 11 is 0. The van der Waals surface area contributed by atoms with Crippen molar-refractivity contribution in [1.29, 1.82) is 0 Å². The average molecular weight is 463 g/mol. The van der Waals surface area contributed by atoms with Gasteiger partial charge in [0.1, 0.15) is 20.5 Å². The number of hydrogen-bond acceptors (Lipinski definition) is 6. The van der Waals surface area contributed by atoms with Crippen molar-refractivity contribution in [2.75, 3.05) is 39.7 Å². The zero-order valence-electron chi connectivity index (χ0n) is 21.3. The molecular weight excluding hydrogens is 415 g/mol. The van der Waals surface area contributed by atoms with E-state index in [1.165, 1.54) is 0 Å². The van der Waals surface area contributed by atoms with Crippen LogP contribution in [-0.4, -0.2) is 68.8 Å². The van der Waals surface area contributed by atoms with Crippen molar-refractivity contribution >= 4 is 25.5 Å². The Morgan fingerprint density at radius 2 is 1.58 bits per heavy atom. The molecule has 0 heterocycles. The fourth-order valence-electron chi connectivity index (χ4n) is 2.56. The lowest BCUT2D eigenvalue weighted by Crippen LogP contribution is -2.35. The molecule has 7 nitrogen and oxygen atoms in total. The molecule has 184 valence electrons. The number of carbonyl (C=O) groups excluding carboxylic acids is 2. The summed E-state index contributed by atoms with van der Waals surface area (Å²) in [6.07, 6.45) is 3.90. The molecule has 0 spiro atoms. The van der Waals surface area contributed by atoms with Crippen LogP contribution in [0.1, 0.15) is 61.8 Å². The van der Waals surface area contributed by atoms with E-state index < -0.39 is 13.3 Å². The lowest BCUT2D eigenvalue weighted by Gasteiger charge is -2.31. The highest BCUT2D eigenvalue weighted by Gasteiger charge is 2.22. The normalized spacial score (nSPS) is 15.0. The van der Waals surface area contributed by atoms with Crippen LogP contribution in [0.5, 0.6) is 0 Å². The van der Waals surface area contributed by atoms with Gasteiger partial charge in [0.25, 0.3) is 0 Å². The van der Waals surface area contributed by atoms with Crippen molar-refractivity contribution in [1.82, 2.24) is 10.2 Å². The summed E-state index contributed by atoms with van der Waals surface area (Å²) in [4.78, 5) is 26.0. The summed E-state index contributed by atoms with van der Waals surface area (Å²) in [6.45, 7) is 21.3. The summed E-state index contributed by atoms with van der Waals surface area (Å²) in [5.74, 6) is 0.310. The Bertz CT molecular complexity index is 578. The van der Waals surface area contributed by atoms with Gasteiger partial charge in [0.05, 0.1) is 13.2 Å². The Morgan fingerprint density at radius 1 is 0.968 bits per heavy atom. The second kappa shape index (κ2) is 15.0. The number of nitrogens with one attached hydrogen (secondary N) is 1. The fourth-order valence-corrected chi connectivity index (χ4v) is 3.54. The molecule has 0 saturated heterocycles. The van der Waals surface area contributed by atoms with E-state index in [-0.39, 0.29) is 30.8 Å². The zero-order chi connectivity index (χ0) is 24.2. The van der Waals surface area contributed by atoms with Gasteiger partial charge in [0.15, 0.2) is 0 Å². The Hall–Kier alpha value is -0.880. The molecule has 2 atom stereocenters. The van der Waals surface area contributed by atoms with Crippen LogP contribution in [0.3, 0.4) is 0 Å². The highest BCUT2D eigenvalue weighted by molar-refractivity contribution is 7.63. The molecule has 0 saturated carbocycles. The summed E-state index contributed by atoms with van der Waals surface area (Å²) in [6, 6.07) is 0.378. The van der Waals surface area contributed by atoms with Crippen LogP contribution < -0.4 is 5.32 Å². The third kappa shape index (κ3) is 15.5. The van der Waals surface area contributed by atoms with Gasteiger partial charge in [0, 0.05) is 31.7 Å². The van der Waals surface area contributed by atoms with Gasteiger partial charge in [-0.3, -0.25) is 14.5 Å². The molecule has 31 heavy (non-hydrogen) atoms. The van der Waals surface area contributed by atoms with Crippen LogP contribution in [0, 0.1) is 23.7 Å². The van der Waals surface area contributed by atoms with Gasteiger partial charge in [-0.2, -0.15) is 0 Å². The highest BCUT2D eigenvalue weighted by atomic mass is 31.2. The average Bonchev–Trinajstić information content (AvgIpc) is 2.62. The number of esters is 1. The molecule has 0 aliphatic rings. The maximum atomic E-state index is 12.0. The summed E-state index contributed by atoms with van der Waals surface area (Å²) in [5, 5.41) is 2.72. The minimum Gasteiger partial charge on any atom is -0.465 e. The van der Waals surface area contributed by atoms with Gasteiger partial charge < -0.3 is 19.1 Å². The van der Waals surface area contributed by atoms with E-state index in [1.54, 1.807) is 0 Å². The number of nitrogens with zero attached hydrogens (tertiary/aromatic N) is 1. The van der Waals surface area contributed by atoms with Crippen molar-refractivity contribution in [3.05, 3.63) is 0 Å². The third-order valence-electron chi connectivity index (χ3n) is 4.80. The standard InChI is InChI=1S/C23H47N2O5P/c1-17(2)12-24-22(26)11-23(27)28-14-21(19(5)6)15-29-31(9,10)30-16-25(20(7)8)13-18(3)4/h17-21H,9,11-16H2,1-8,10H3,(H,24,26). The van der Waals surface area contributed by atoms with E-state index in [0.717, 1.165) is 6.54 Å². The van der Waals surface area contributed by atoms with E-state index in [9.17, 15) is 9.59 Å². The predicted octanol–water partition coefficient (Wildman–Crippen LogP) is 4.23. The number of amides is 1. The van der Waals surface area contributed by atoms with Gasteiger partial charge >= 0.3 is 5.97 Å². The molecule has 0 aromatic heterocycles. The molecule has 1 amide bonds. The van der Waals surface area contributed by atoms with Crippen molar-refractivity contribution < 1.29 is 23.4 Å². The third-order valence-corrected chi connectivity index (χ3v) is 6.16. The topological polar surface area (TPSA) is 77.1 Å². The monoisotopic (exact) mass is 462 g/mol. The number of carbonyl (C=O) groups is 2. The maximum absolute atomic E-state index is 12.0. The highest BCUT2D eigenvalue weighted by Crippen LogP contribution is 2.44. The summed E-state index contributed by atoms with van der Waals surface area (Å²) in [5.41, 5.74) is 0. The van der Waals surface area contributed by atoms with Gasteiger partial charge in [-0.15, -0.1) is 0 Å². The van der Waals surface area contributed by atoms with Crippen molar-refractivity contribution in [2.24, 2.45) is 23.7 Å². The first-order valence-corrected chi connectivity index (χ1v) is 13.7. The minimum absolute atomic E-state index is 0.00390. The molecule has 0 aromatic rings. The summed E-state index contributed by atoms with van der Waals surface area (Å²) < 4.78 is 17.4. The molecular formula is C23H47N2O5P. The molecule has 0 bridgehead atoms. The molecule has 8 heteroatoms. The second-order valence-electron chi connectivity index (χ2n) is 9.89. The Morgan fingerprint density at radius 3 is 2.06 bits per heavy atom. The van der Waals surface area contributed by atoms with Gasteiger partial charge in [-0.25, -0.2) is 0 Å². The van der Waals surface area contributed by atoms with E-state index >= 15 is 0 Å². The Labute approximate surface area is 190 Å². The summed E-state index contributed by atoms with van der Waals surface area (Å²) in [7, 11) is -2.26. The molecule has 0 aliphatic heterocycles. The van der Waals surface area contributed by atoms with E-state index in [2.05, 4.69) is 58.1 Å². The smallest absolute Gasteiger partial charge is 0.315 e. The van der Waals surface area contributed by atoms with Crippen LogP contribution in [0.15, 0.2) is 0 Å². The SMILES string of the molecule is C=P(C)(OCC(COC(=O)CC(=O)NCC(C)C)C(C)C)OCN(CC(C)C)C(C)C. The van der Waals surface area contributed by atoms with Crippen LogP contribution in [-0.2, 0) is 23.4 Å². The molecule has 0 aliphatic carbocycles. The van der Waals surface area contributed by atoms with Crippen LogP contribution in [0.2, 0.25) is 0 Å². The number of rotatable bonds is 16. The Kier molecular flexibility index (Phi) is 14.6. The van der Waals surface area contributed by atoms with E-state index in [4.69, 9.17) is 13.8 Å². The van der Waals surface area contributed by atoms with Crippen LogP contribution >= 0.6 is 7.34 Å². The Balaban J connectivity index is 4.54. The lowest BCUT2D eigenvalue weighted by atomic mass is 9.98. The lowest BCUT2D eigenvalue weighted by molar-refractivity contribution is -0.148. The number of ether oxygens (including phenoxy) is 1. The fraction of sp³-hybridized carbons (Fsp3) is 0.870. The van der Waals surface area contributed by atoms with Crippen LogP contribution in [0.25, 0.3) is 0 Å². The van der Waals surface area contributed by atoms with E-state index in [1.807, 2.05) is 20.5 Å². The van der Waals surface area contributed by atoms with Crippen molar-refractivity contribution in [3.8, 4) is 0 Å². The first-order valence-electron chi connectivity index (χ1n) is 11.4. The molecule has 2 unspecified atom stereocenters. The van der Waals surface area contributed by atoms with E-state index in [0.29, 0.717) is 37.8 Å². The van der Waals surface area contributed by atoms with Crippen LogP contribution in [0.4, 0.5) is 0 Å². The second-order valence-corrected chi connectivity index (χ2v) is 12.4. The quantitative estimate of drug-likeness (QED) is 0.160. The largest absolute Gasteiger partial charge is 0.465 e. The number of hydrogen-bond donors (Lipinski definition) is 1.